The van der Waals surface area contributed by atoms with Crippen molar-refractivity contribution in [2.24, 2.45) is 0 Å². The molecule has 0 aliphatic carbocycles. The highest BCUT2D eigenvalue weighted by Gasteiger charge is 2.50. The van der Waals surface area contributed by atoms with Crippen LogP contribution in [0.25, 0.3) is 11.9 Å². The molecule has 1 aromatic carbocycles. The summed E-state index contributed by atoms with van der Waals surface area (Å²) in [7, 11) is 0. The Bertz CT molecular complexity index is 897. The first-order valence-corrected chi connectivity index (χ1v) is 8.09. The number of thiophene rings is 1. The number of nitrogens with zero attached hydrogens (tertiary/aromatic N) is 1. The molecule has 1 N–H and O–H groups in total. The molecule has 2 atom stereocenters. The van der Waals surface area contributed by atoms with Crippen molar-refractivity contribution >= 4 is 23.2 Å². The molecule has 0 radical (unpaired) electrons. The van der Waals surface area contributed by atoms with Gasteiger partial charge >= 0.3 is 0 Å². The fourth-order valence-corrected chi connectivity index (χ4v) is 4.20. The van der Waals surface area contributed by atoms with E-state index in [1.165, 1.54) is 11.3 Å². The summed E-state index contributed by atoms with van der Waals surface area (Å²) in [6, 6.07) is 9.58. The van der Waals surface area contributed by atoms with E-state index in [-0.39, 0.29) is 5.92 Å². The van der Waals surface area contributed by atoms with E-state index in [2.05, 4.69) is 0 Å². The maximum atomic E-state index is 12.5. The maximum absolute atomic E-state index is 12.5. The molecule has 4 rings (SSSR count). The highest BCUT2D eigenvalue weighted by atomic mass is 32.1. The lowest BCUT2D eigenvalue weighted by atomic mass is 9.83. The van der Waals surface area contributed by atoms with Crippen molar-refractivity contribution in [2.75, 3.05) is 0 Å². The van der Waals surface area contributed by atoms with Crippen molar-refractivity contribution in [1.82, 2.24) is 0 Å². The molecule has 0 bridgehead atoms. The standard InChI is InChI=1S/C17H16NO3S/c1-17(2)16(19)13(15-12(21-17)7-8-22-15)14-11-6-4-3-5-10(11)9-18(14)20/h3-9,13,16,19H,1-2H3/q+1/t13-,16+/m0/s1. The molecule has 0 spiro atoms. The summed E-state index contributed by atoms with van der Waals surface area (Å²) in [5.74, 6) is 0.381. The van der Waals surface area contributed by atoms with Crippen LogP contribution in [0.5, 0.6) is 5.75 Å². The van der Waals surface area contributed by atoms with Crippen LogP contribution in [0.1, 0.15) is 24.6 Å². The minimum Gasteiger partial charge on any atom is -0.484 e. The van der Waals surface area contributed by atoms with Crippen molar-refractivity contribution in [1.29, 1.82) is 0 Å². The molecule has 2 aliphatic rings. The van der Waals surface area contributed by atoms with E-state index >= 15 is 0 Å². The smallest absolute Gasteiger partial charge is 0.258 e. The summed E-state index contributed by atoms with van der Waals surface area (Å²) in [6.45, 7) is 3.71. The number of rotatable bonds is 1. The molecule has 22 heavy (non-hydrogen) atoms. The van der Waals surface area contributed by atoms with Gasteiger partial charge in [0.2, 0.25) is 6.20 Å². The lowest BCUT2D eigenvalue weighted by Gasteiger charge is -2.39. The van der Waals surface area contributed by atoms with Crippen molar-refractivity contribution in [2.45, 2.75) is 31.5 Å². The van der Waals surface area contributed by atoms with Crippen molar-refractivity contribution < 1.29 is 14.6 Å². The van der Waals surface area contributed by atoms with E-state index < -0.39 is 11.7 Å². The minimum absolute atomic E-state index is 0.379. The van der Waals surface area contributed by atoms with Crippen LogP contribution in [0.4, 0.5) is 0 Å². The van der Waals surface area contributed by atoms with Gasteiger partial charge in [-0.2, -0.15) is 0 Å². The van der Waals surface area contributed by atoms with Gasteiger partial charge in [0, 0.05) is 4.91 Å². The molecule has 0 unspecified atom stereocenters. The Morgan fingerprint density at radius 2 is 2.05 bits per heavy atom. The predicted octanol–water partition coefficient (Wildman–Crippen LogP) is 1.70. The molecule has 0 fully saturated rings. The van der Waals surface area contributed by atoms with Crippen molar-refractivity contribution in [3.8, 4) is 5.75 Å². The van der Waals surface area contributed by atoms with Crippen molar-refractivity contribution in [3.05, 3.63) is 55.9 Å². The molecule has 4 nitrogen and oxygen atoms in total. The third-order valence-electron chi connectivity index (χ3n) is 4.37. The van der Waals surface area contributed by atoms with E-state index in [1.54, 1.807) is 6.20 Å². The lowest BCUT2D eigenvalue weighted by molar-refractivity contribution is -0.343. The zero-order chi connectivity index (χ0) is 15.5. The van der Waals surface area contributed by atoms with Gasteiger partial charge in [0.1, 0.15) is 23.4 Å². The highest BCUT2D eigenvalue weighted by Crippen LogP contribution is 2.47. The van der Waals surface area contributed by atoms with Crippen molar-refractivity contribution in [3.63, 3.8) is 0 Å². The number of hydrogen-bond acceptors (Lipinski definition) is 4. The topological polar surface area (TPSA) is 49.5 Å². The molecule has 5 heteroatoms. The third kappa shape index (κ3) is 1.79. The largest absolute Gasteiger partial charge is 0.484 e. The molecule has 3 heterocycles. The molecule has 2 aromatic rings. The molecule has 0 amide bonds. The molecular weight excluding hydrogens is 298 g/mol. The number of ether oxygens (including phenoxy) is 1. The minimum atomic E-state index is -0.787. The summed E-state index contributed by atoms with van der Waals surface area (Å²) in [5.41, 5.74) is -0.146. The van der Waals surface area contributed by atoms with Crippen LogP contribution in [0.2, 0.25) is 0 Å². The van der Waals surface area contributed by atoms with Crippen LogP contribution < -0.4 is 15.2 Å². The van der Waals surface area contributed by atoms with Crippen LogP contribution >= 0.6 is 11.3 Å². The molecular formula is C17H16NO3S+. The molecule has 0 saturated heterocycles. The predicted molar refractivity (Wildman–Crippen MR) is 85.0 cm³/mol. The van der Waals surface area contributed by atoms with Crippen LogP contribution in [0.15, 0.2) is 35.7 Å². The van der Waals surface area contributed by atoms with Gasteiger partial charge in [0.25, 0.3) is 5.70 Å². The van der Waals surface area contributed by atoms with E-state index in [9.17, 15) is 10.0 Å². The summed E-state index contributed by atoms with van der Waals surface area (Å²) in [5, 5.41) is 14.6. The van der Waals surface area contributed by atoms with E-state index in [0.29, 0.717) is 5.70 Å². The summed E-state index contributed by atoms with van der Waals surface area (Å²) in [4.78, 5) is 13.4. The van der Waals surface area contributed by atoms with E-state index in [0.717, 1.165) is 25.8 Å². The molecule has 0 saturated carbocycles. The fourth-order valence-electron chi connectivity index (χ4n) is 3.24. The lowest BCUT2D eigenvalue weighted by Crippen LogP contribution is -2.49. The second-order valence-corrected chi connectivity index (χ2v) is 7.15. The van der Waals surface area contributed by atoms with Gasteiger partial charge in [-0.1, -0.05) is 12.1 Å². The second kappa shape index (κ2) is 4.51. The SMILES string of the molecule is CC1(C)Oc2ccsc2[C@H](C2=c3ccccc3=C[N+]2=O)[C@H]1O. The monoisotopic (exact) mass is 314 g/mol. The Kier molecular flexibility index (Phi) is 2.80. The Hall–Kier alpha value is -1.98. The van der Waals surface area contributed by atoms with Gasteiger partial charge in [0.05, 0.1) is 20.1 Å². The molecule has 2 aliphatic heterocycles. The summed E-state index contributed by atoms with van der Waals surface area (Å²) >= 11 is 1.52. The zero-order valence-electron chi connectivity index (χ0n) is 12.3. The number of aliphatic hydroxyl groups excluding tert-OH is 1. The number of hydrogen-bond donors (Lipinski definition) is 1. The highest BCUT2D eigenvalue weighted by molar-refractivity contribution is 7.10. The summed E-state index contributed by atoms with van der Waals surface area (Å²) < 4.78 is 6.79. The van der Waals surface area contributed by atoms with Crippen LogP contribution in [-0.2, 0) is 0 Å². The van der Waals surface area contributed by atoms with E-state index in [4.69, 9.17) is 4.74 Å². The fraction of sp³-hybridized carbons (Fsp3) is 0.294. The Balaban J connectivity index is 2.01. The Morgan fingerprint density at radius 1 is 1.27 bits per heavy atom. The van der Waals surface area contributed by atoms with E-state index in [1.807, 2.05) is 49.6 Å². The first kappa shape index (κ1) is 13.7. The Labute approximate surface area is 131 Å². The number of benzene rings is 1. The Morgan fingerprint density at radius 3 is 2.86 bits per heavy atom. The van der Waals surface area contributed by atoms with Gasteiger partial charge in [-0.15, -0.1) is 11.3 Å². The maximum Gasteiger partial charge on any atom is 0.258 e. The van der Waals surface area contributed by atoms with Gasteiger partial charge in [-0.25, -0.2) is 0 Å². The van der Waals surface area contributed by atoms with Gasteiger partial charge < -0.3 is 9.84 Å². The average Bonchev–Trinajstić information content (AvgIpc) is 3.04. The van der Waals surface area contributed by atoms with Gasteiger partial charge in [0.15, 0.2) is 0 Å². The summed E-state index contributed by atoms with van der Waals surface area (Å²) in [6.07, 6.45) is 0.789. The number of fused-ring (bicyclic) bond motifs is 2. The third-order valence-corrected chi connectivity index (χ3v) is 5.35. The van der Waals surface area contributed by atoms with Gasteiger partial charge in [-0.3, -0.25) is 0 Å². The van der Waals surface area contributed by atoms with Crippen LogP contribution in [-0.4, -0.2) is 21.6 Å². The first-order chi connectivity index (χ1) is 10.5. The second-order valence-electron chi connectivity index (χ2n) is 6.20. The quantitative estimate of drug-likeness (QED) is 0.815. The number of nitroso groups, excluding NO2 is 1. The number of aliphatic hydroxyl groups is 1. The average molecular weight is 314 g/mol. The molecule has 112 valence electrons. The van der Waals surface area contributed by atoms with Gasteiger partial charge in [-0.05, 0) is 37.4 Å². The van der Waals surface area contributed by atoms with Crippen LogP contribution in [0, 0.1) is 4.91 Å². The van der Waals surface area contributed by atoms with Crippen LogP contribution in [0.3, 0.4) is 0 Å². The zero-order valence-corrected chi connectivity index (χ0v) is 13.1. The first-order valence-electron chi connectivity index (χ1n) is 7.21. The normalized spacial score (nSPS) is 25.2. The molecule has 1 aromatic heterocycles.